The summed E-state index contributed by atoms with van der Waals surface area (Å²) < 4.78 is 5.54. The molecule has 82 valence electrons. The first-order chi connectivity index (χ1) is 7.29. The van der Waals surface area contributed by atoms with Crippen LogP contribution >= 0.6 is 0 Å². The number of hydrogen-bond donors (Lipinski definition) is 0. The molecule has 15 heavy (non-hydrogen) atoms. The third kappa shape index (κ3) is 1.34. The number of fused-ring (bicyclic) bond motifs is 5. The molecule has 0 spiro atoms. The first-order valence-corrected chi connectivity index (χ1v) is 6.15. The highest BCUT2D eigenvalue weighted by Gasteiger charge is 2.53. The Hall–Kier alpha value is -0.790. The smallest absolute Gasteiger partial charge is 0.305 e. The van der Waals surface area contributed by atoms with E-state index >= 15 is 0 Å². The number of allylic oxidation sites excluding steroid dienone is 2. The molecule has 3 unspecified atom stereocenters. The van der Waals surface area contributed by atoms with Gasteiger partial charge in [0, 0.05) is 6.42 Å². The van der Waals surface area contributed by atoms with Crippen LogP contribution in [-0.4, -0.2) is 12.1 Å². The lowest BCUT2D eigenvalue weighted by Crippen LogP contribution is -2.32. The second kappa shape index (κ2) is 3.36. The van der Waals surface area contributed by atoms with E-state index in [2.05, 4.69) is 12.2 Å². The standard InChI is InChI=1S/C13H18O2/c1-2-13(14)15-12-7-8-6-11(12)10-5-3-4-9(8)10/h3-4,8-12H,2,5-7H2,1H3/t8-,9?,10?,11+,12?/m0/s1. The molecule has 0 aromatic rings. The van der Waals surface area contributed by atoms with E-state index in [1.54, 1.807) is 0 Å². The fraction of sp³-hybridized carbons (Fsp3) is 0.769. The molecule has 3 aliphatic carbocycles. The van der Waals surface area contributed by atoms with E-state index in [1.807, 2.05) is 6.92 Å². The predicted molar refractivity (Wildman–Crippen MR) is 57.1 cm³/mol. The van der Waals surface area contributed by atoms with E-state index in [4.69, 9.17) is 4.74 Å². The van der Waals surface area contributed by atoms with E-state index in [1.165, 1.54) is 12.8 Å². The minimum Gasteiger partial charge on any atom is -0.462 e. The van der Waals surface area contributed by atoms with Gasteiger partial charge in [-0.1, -0.05) is 19.1 Å². The van der Waals surface area contributed by atoms with Gasteiger partial charge in [-0.3, -0.25) is 4.79 Å². The number of hydrogen-bond acceptors (Lipinski definition) is 2. The molecule has 0 aromatic heterocycles. The molecular formula is C13H18O2. The number of carbonyl (C=O) groups excluding carboxylic acids is 1. The normalized spacial score (nSPS) is 45.8. The second-order valence-electron chi connectivity index (χ2n) is 5.18. The quantitative estimate of drug-likeness (QED) is 0.512. The summed E-state index contributed by atoms with van der Waals surface area (Å²) in [5.41, 5.74) is 0. The average molecular weight is 206 g/mol. The van der Waals surface area contributed by atoms with E-state index < -0.39 is 0 Å². The summed E-state index contributed by atoms with van der Waals surface area (Å²) in [7, 11) is 0. The summed E-state index contributed by atoms with van der Waals surface area (Å²) >= 11 is 0. The molecule has 0 radical (unpaired) electrons. The summed E-state index contributed by atoms with van der Waals surface area (Å²) in [4.78, 5) is 11.3. The van der Waals surface area contributed by atoms with Gasteiger partial charge in [0.1, 0.15) is 6.10 Å². The van der Waals surface area contributed by atoms with E-state index in [0.29, 0.717) is 12.3 Å². The number of esters is 1. The lowest BCUT2D eigenvalue weighted by atomic mass is 9.80. The molecule has 2 saturated carbocycles. The highest BCUT2D eigenvalue weighted by molar-refractivity contribution is 5.69. The van der Waals surface area contributed by atoms with Crippen LogP contribution in [0.3, 0.4) is 0 Å². The van der Waals surface area contributed by atoms with E-state index in [0.717, 1.165) is 24.2 Å². The van der Waals surface area contributed by atoms with Crippen LogP contribution in [0.2, 0.25) is 0 Å². The highest BCUT2D eigenvalue weighted by atomic mass is 16.5. The van der Waals surface area contributed by atoms with Crippen LogP contribution < -0.4 is 0 Å². The molecule has 3 aliphatic rings. The number of ether oxygens (including phenoxy) is 1. The molecule has 0 heterocycles. The van der Waals surface area contributed by atoms with Crippen molar-refractivity contribution >= 4 is 5.97 Å². The first kappa shape index (κ1) is 9.44. The van der Waals surface area contributed by atoms with Gasteiger partial charge in [0.15, 0.2) is 0 Å². The van der Waals surface area contributed by atoms with Crippen molar-refractivity contribution in [2.45, 2.75) is 38.7 Å². The van der Waals surface area contributed by atoms with Crippen LogP contribution in [0.4, 0.5) is 0 Å². The third-order valence-corrected chi connectivity index (χ3v) is 4.51. The minimum atomic E-state index is -0.0185. The van der Waals surface area contributed by atoms with Crippen molar-refractivity contribution in [1.29, 1.82) is 0 Å². The third-order valence-electron chi connectivity index (χ3n) is 4.51. The summed E-state index contributed by atoms with van der Waals surface area (Å²) in [6.07, 6.45) is 9.09. The molecular weight excluding hydrogens is 188 g/mol. The average Bonchev–Trinajstić information content (AvgIpc) is 2.87. The van der Waals surface area contributed by atoms with Crippen molar-refractivity contribution in [2.75, 3.05) is 0 Å². The minimum absolute atomic E-state index is 0.0185. The molecule has 5 atom stereocenters. The van der Waals surface area contributed by atoms with Crippen molar-refractivity contribution in [2.24, 2.45) is 23.7 Å². The monoisotopic (exact) mass is 206 g/mol. The fourth-order valence-corrected chi connectivity index (χ4v) is 3.88. The molecule has 0 aliphatic heterocycles. The summed E-state index contributed by atoms with van der Waals surface area (Å²) in [6.45, 7) is 1.87. The van der Waals surface area contributed by atoms with E-state index in [9.17, 15) is 4.79 Å². The number of carbonyl (C=O) groups is 1. The van der Waals surface area contributed by atoms with Gasteiger partial charge in [0.05, 0.1) is 0 Å². The van der Waals surface area contributed by atoms with Gasteiger partial charge < -0.3 is 4.74 Å². The van der Waals surface area contributed by atoms with Crippen LogP contribution in [0.1, 0.15) is 32.6 Å². The Kier molecular flexibility index (Phi) is 2.11. The van der Waals surface area contributed by atoms with E-state index in [-0.39, 0.29) is 12.1 Å². The molecule has 2 nitrogen and oxygen atoms in total. The van der Waals surface area contributed by atoms with Crippen molar-refractivity contribution in [1.82, 2.24) is 0 Å². The van der Waals surface area contributed by atoms with Gasteiger partial charge in [-0.25, -0.2) is 0 Å². The van der Waals surface area contributed by atoms with Crippen LogP contribution in [0.5, 0.6) is 0 Å². The largest absolute Gasteiger partial charge is 0.462 e. The van der Waals surface area contributed by atoms with Gasteiger partial charge in [-0.15, -0.1) is 0 Å². The summed E-state index contributed by atoms with van der Waals surface area (Å²) in [5.74, 6) is 3.04. The Labute approximate surface area is 90.7 Å². The fourth-order valence-electron chi connectivity index (χ4n) is 3.88. The van der Waals surface area contributed by atoms with Gasteiger partial charge >= 0.3 is 5.97 Å². The van der Waals surface area contributed by atoms with Crippen molar-refractivity contribution in [3.63, 3.8) is 0 Å². The lowest BCUT2D eigenvalue weighted by molar-refractivity contribution is -0.152. The highest BCUT2D eigenvalue weighted by Crippen LogP contribution is 2.57. The van der Waals surface area contributed by atoms with Crippen LogP contribution in [0, 0.1) is 23.7 Å². The summed E-state index contributed by atoms with van der Waals surface area (Å²) in [6, 6.07) is 0. The maximum Gasteiger partial charge on any atom is 0.305 e. The van der Waals surface area contributed by atoms with Crippen molar-refractivity contribution < 1.29 is 9.53 Å². The maximum atomic E-state index is 11.3. The Morgan fingerprint density at radius 1 is 1.40 bits per heavy atom. The zero-order chi connectivity index (χ0) is 10.4. The summed E-state index contributed by atoms with van der Waals surface area (Å²) in [5, 5.41) is 0. The molecule has 2 fully saturated rings. The Balaban J connectivity index is 1.69. The molecule has 0 aromatic carbocycles. The van der Waals surface area contributed by atoms with Gasteiger partial charge in [-0.2, -0.15) is 0 Å². The van der Waals surface area contributed by atoms with Crippen LogP contribution in [0.25, 0.3) is 0 Å². The molecule has 2 bridgehead atoms. The topological polar surface area (TPSA) is 26.3 Å². The van der Waals surface area contributed by atoms with Crippen molar-refractivity contribution in [3.8, 4) is 0 Å². The SMILES string of the molecule is CCC(=O)OC1C[C@@H]2C[C@@H]1C1CC=CC12. The van der Waals surface area contributed by atoms with Crippen molar-refractivity contribution in [3.05, 3.63) is 12.2 Å². The van der Waals surface area contributed by atoms with Gasteiger partial charge in [0.25, 0.3) is 0 Å². The second-order valence-corrected chi connectivity index (χ2v) is 5.18. The maximum absolute atomic E-state index is 11.3. The molecule has 0 saturated heterocycles. The predicted octanol–water partition coefficient (Wildman–Crippen LogP) is 2.54. The molecule has 3 rings (SSSR count). The van der Waals surface area contributed by atoms with Crippen LogP contribution in [-0.2, 0) is 9.53 Å². The lowest BCUT2D eigenvalue weighted by Gasteiger charge is -2.30. The molecule has 0 N–H and O–H groups in total. The Bertz CT molecular complexity index is 308. The molecule has 2 heteroatoms. The van der Waals surface area contributed by atoms with Gasteiger partial charge in [-0.05, 0) is 42.9 Å². The van der Waals surface area contributed by atoms with Crippen LogP contribution in [0.15, 0.2) is 12.2 Å². The number of rotatable bonds is 2. The first-order valence-electron chi connectivity index (χ1n) is 6.15. The Morgan fingerprint density at radius 2 is 2.27 bits per heavy atom. The van der Waals surface area contributed by atoms with Gasteiger partial charge in [0.2, 0.25) is 0 Å². The zero-order valence-electron chi connectivity index (χ0n) is 9.19. The zero-order valence-corrected chi connectivity index (χ0v) is 9.19. The Morgan fingerprint density at radius 3 is 3.07 bits per heavy atom. The molecule has 0 amide bonds.